The van der Waals surface area contributed by atoms with Crippen LogP contribution in [0.5, 0.6) is 0 Å². The van der Waals surface area contributed by atoms with E-state index in [2.05, 4.69) is 21.2 Å². The van der Waals surface area contributed by atoms with Crippen LogP contribution in [-0.4, -0.2) is 30.5 Å². The summed E-state index contributed by atoms with van der Waals surface area (Å²) in [4.78, 5) is 35.5. The molecule has 132 valence electrons. The molecule has 1 atom stereocenters. The molecule has 1 aliphatic heterocycles. The van der Waals surface area contributed by atoms with Crippen LogP contribution in [0.3, 0.4) is 0 Å². The Morgan fingerprint density at radius 2 is 2.16 bits per heavy atom. The fourth-order valence-corrected chi connectivity index (χ4v) is 3.02. The molecule has 1 amide bonds. The molecule has 0 aliphatic carbocycles. The number of hydrogen-bond acceptors (Lipinski definition) is 6. The molecule has 1 N–H and O–H groups in total. The van der Waals surface area contributed by atoms with E-state index in [9.17, 15) is 14.4 Å². The number of carbonyl (C=O) groups is 3. The number of ether oxygens (including phenoxy) is 2. The third-order valence-electron chi connectivity index (χ3n) is 3.85. The molecule has 1 aromatic carbocycles. The van der Waals surface area contributed by atoms with E-state index < -0.39 is 18.0 Å². The van der Waals surface area contributed by atoms with Crippen molar-refractivity contribution >= 4 is 44.7 Å². The van der Waals surface area contributed by atoms with E-state index in [1.165, 1.54) is 0 Å². The largest absolute Gasteiger partial charge is 0.460 e. The van der Waals surface area contributed by atoms with Gasteiger partial charge < -0.3 is 19.2 Å². The smallest absolute Gasteiger partial charge is 0.374 e. The molecule has 2 aromatic rings. The summed E-state index contributed by atoms with van der Waals surface area (Å²) < 4.78 is 16.7. The lowest BCUT2D eigenvalue weighted by Crippen LogP contribution is -2.34. The highest BCUT2D eigenvalue weighted by Crippen LogP contribution is 2.30. The number of esters is 2. The Labute approximate surface area is 151 Å². The first-order chi connectivity index (χ1) is 12.0. The molecule has 1 fully saturated rings. The van der Waals surface area contributed by atoms with Crippen LogP contribution in [0.15, 0.2) is 27.1 Å². The van der Waals surface area contributed by atoms with Crippen molar-refractivity contribution in [3.8, 4) is 0 Å². The standard InChI is InChI=1S/C17H16BrNO6/c1-2-23-17(22)15-11(10-7-9(18)3-5-13(10)25-15)8-24-16(21)12-4-6-14(20)19-12/h3,5,7,12H,2,4,6,8H2,1H3,(H,19,20)/t12-/m1/s1. The Bertz CT molecular complexity index is 843. The van der Waals surface area contributed by atoms with Gasteiger partial charge in [0, 0.05) is 16.3 Å². The number of furan rings is 1. The second-order valence-corrected chi connectivity index (χ2v) is 6.45. The van der Waals surface area contributed by atoms with Crippen molar-refractivity contribution in [1.82, 2.24) is 5.32 Å². The normalized spacial score (nSPS) is 16.7. The average Bonchev–Trinajstić information content (AvgIpc) is 3.16. The van der Waals surface area contributed by atoms with Gasteiger partial charge in [-0.2, -0.15) is 0 Å². The third-order valence-corrected chi connectivity index (χ3v) is 4.35. The highest BCUT2D eigenvalue weighted by molar-refractivity contribution is 9.10. The number of benzene rings is 1. The summed E-state index contributed by atoms with van der Waals surface area (Å²) in [7, 11) is 0. The predicted molar refractivity (Wildman–Crippen MR) is 90.8 cm³/mol. The van der Waals surface area contributed by atoms with Crippen LogP contribution in [0.2, 0.25) is 0 Å². The maximum atomic E-state index is 12.1. The molecule has 0 radical (unpaired) electrons. The number of hydrogen-bond donors (Lipinski definition) is 1. The summed E-state index contributed by atoms with van der Waals surface area (Å²) in [5.41, 5.74) is 0.930. The molecule has 2 heterocycles. The molecule has 0 spiro atoms. The first kappa shape index (κ1) is 17.5. The van der Waals surface area contributed by atoms with Crippen LogP contribution >= 0.6 is 15.9 Å². The van der Waals surface area contributed by atoms with Gasteiger partial charge in [0.15, 0.2) is 0 Å². The third kappa shape index (κ3) is 3.68. The highest BCUT2D eigenvalue weighted by Gasteiger charge is 2.30. The Balaban J connectivity index is 1.86. The summed E-state index contributed by atoms with van der Waals surface area (Å²) in [5, 5.41) is 3.21. The van der Waals surface area contributed by atoms with E-state index in [0.29, 0.717) is 29.4 Å². The Kier molecular flexibility index (Phi) is 5.08. The van der Waals surface area contributed by atoms with Crippen molar-refractivity contribution in [2.45, 2.75) is 32.4 Å². The van der Waals surface area contributed by atoms with Gasteiger partial charge in [-0.05, 0) is 31.5 Å². The first-order valence-corrected chi connectivity index (χ1v) is 8.63. The Morgan fingerprint density at radius 1 is 1.36 bits per heavy atom. The fraction of sp³-hybridized carbons (Fsp3) is 0.353. The summed E-state index contributed by atoms with van der Waals surface area (Å²) >= 11 is 3.37. The fourth-order valence-electron chi connectivity index (χ4n) is 2.66. The van der Waals surface area contributed by atoms with Crippen molar-refractivity contribution in [2.24, 2.45) is 0 Å². The minimum atomic E-state index is -0.650. The topological polar surface area (TPSA) is 94.8 Å². The zero-order chi connectivity index (χ0) is 18.0. The van der Waals surface area contributed by atoms with Gasteiger partial charge >= 0.3 is 11.9 Å². The molecule has 1 saturated heterocycles. The number of carbonyl (C=O) groups excluding carboxylic acids is 3. The zero-order valence-electron chi connectivity index (χ0n) is 13.5. The van der Waals surface area contributed by atoms with Crippen LogP contribution in [-0.2, 0) is 25.7 Å². The van der Waals surface area contributed by atoms with Crippen LogP contribution in [0, 0.1) is 0 Å². The van der Waals surface area contributed by atoms with Crippen LogP contribution in [0.1, 0.15) is 35.9 Å². The van der Waals surface area contributed by atoms with Gasteiger partial charge in [0.1, 0.15) is 18.2 Å². The summed E-state index contributed by atoms with van der Waals surface area (Å²) in [5.74, 6) is -1.31. The van der Waals surface area contributed by atoms with Crippen molar-refractivity contribution in [2.75, 3.05) is 6.61 Å². The van der Waals surface area contributed by atoms with Gasteiger partial charge in [-0.3, -0.25) is 4.79 Å². The molecule has 25 heavy (non-hydrogen) atoms. The van der Waals surface area contributed by atoms with E-state index in [1.54, 1.807) is 25.1 Å². The molecule has 0 saturated carbocycles. The van der Waals surface area contributed by atoms with Gasteiger partial charge in [0.05, 0.1) is 12.2 Å². The van der Waals surface area contributed by atoms with Crippen LogP contribution in [0.4, 0.5) is 0 Å². The van der Waals surface area contributed by atoms with Crippen molar-refractivity contribution in [3.63, 3.8) is 0 Å². The average molecular weight is 410 g/mol. The van der Waals surface area contributed by atoms with E-state index in [0.717, 1.165) is 4.47 Å². The second-order valence-electron chi connectivity index (χ2n) is 5.54. The Morgan fingerprint density at radius 3 is 2.84 bits per heavy atom. The minimum absolute atomic E-state index is 0.0122. The molecule has 1 aliphatic rings. The minimum Gasteiger partial charge on any atom is -0.460 e. The number of amides is 1. The molecule has 8 heteroatoms. The van der Waals surface area contributed by atoms with Crippen molar-refractivity contribution in [3.05, 3.63) is 34.0 Å². The lowest BCUT2D eigenvalue weighted by Gasteiger charge is -2.10. The van der Waals surface area contributed by atoms with Gasteiger partial charge in [0.25, 0.3) is 0 Å². The summed E-state index contributed by atoms with van der Waals surface area (Å²) in [6, 6.07) is 4.63. The second kappa shape index (κ2) is 7.26. The van der Waals surface area contributed by atoms with Gasteiger partial charge in [0.2, 0.25) is 11.7 Å². The van der Waals surface area contributed by atoms with E-state index >= 15 is 0 Å². The van der Waals surface area contributed by atoms with Gasteiger partial charge in [-0.15, -0.1) is 0 Å². The summed E-state index contributed by atoms with van der Waals surface area (Å²) in [6.45, 7) is 1.75. The maximum absolute atomic E-state index is 12.1. The van der Waals surface area contributed by atoms with E-state index in [1.807, 2.05) is 0 Å². The SMILES string of the molecule is CCOC(=O)c1oc2ccc(Br)cc2c1COC(=O)[C@H]1CCC(=O)N1. The van der Waals surface area contributed by atoms with Gasteiger partial charge in [-0.25, -0.2) is 9.59 Å². The number of rotatable bonds is 5. The number of halogens is 1. The van der Waals surface area contributed by atoms with Gasteiger partial charge in [-0.1, -0.05) is 15.9 Å². The molecule has 0 unspecified atom stereocenters. The number of fused-ring (bicyclic) bond motifs is 1. The highest BCUT2D eigenvalue weighted by atomic mass is 79.9. The predicted octanol–water partition coefficient (Wildman–Crippen LogP) is 2.69. The molecule has 0 bridgehead atoms. The molecular weight excluding hydrogens is 394 g/mol. The van der Waals surface area contributed by atoms with Crippen LogP contribution in [0.25, 0.3) is 11.0 Å². The molecular formula is C17H16BrNO6. The zero-order valence-corrected chi connectivity index (χ0v) is 15.1. The van der Waals surface area contributed by atoms with Crippen molar-refractivity contribution in [1.29, 1.82) is 0 Å². The molecule has 7 nitrogen and oxygen atoms in total. The van der Waals surface area contributed by atoms with E-state index in [-0.39, 0.29) is 24.9 Å². The molecule has 1 aromatic heterocycles. The number of nitrogens with one attached hydrogen (secondary N) is 1. The Hall–Kier alpha value is -2.35. The first-order valence-electron chi connectivity index (χ1n) is 7.83. The maximum Gasteiger partial charge on any atom is 0.374 e. The lowest BCUT2D eigenvalue weighted by atomic mass is 10.1. The summed E-state index contributed by atoms with van der Waals surface area (Å²) in [6.07, 6.45) is 0.704. The molecule has 3 rings (SSSR count). The monoisotopic (exact) mass is 409 g/mol. The lowest BCUT2D eigenvalue weighted by molar-refractivity contribution is -0.147. The van der Waals surface area contributed by atoms with E-state index in [4.69, 9.17) is 13.9 Å². The van der Waals surface area contributed by atoms with Crippen LogP contribution < -0.4 is 5.32 Å². The van der Waals surface area contributed by atoms with Crippen molar-refractivity contribution < 1.29 is 28.3 Å². The quantitative estimate of drug-likeness (QED) is 0.762.